The third-order valence-corrected chi connectivity index (χ3v) is 5.13. The average Bonchev–Trinajstić information content (AvgIpc) is 2.88. The molecule has 0 saturated heterocycles. The maximum absolute atomic E-state index is 11.4. The highest BCUT2D eigenvalue weighted by Crippen LogP contribution is 2.30. The van der Waals surface area contributed by atoms with Crippen molar-refractivity contribution >= 4 is 17.7 Å². The fourth-order valence-electron chi connectivity index (χ4n) is 2.83. The molecule has 1 aliphatic carbocycles. The fraction of sp³-hybridized carbons (Fsp3) is 0.562. The van der Waals surface area contributed by atoms with Crippen LogP contribution in [0.1, 0.15) is 37.7 Å². The van der Waals surface area contributed by atoms with E-state index in [9.17, 15) is 9.90 Å². The SMILES string of the molecule is CCSC1CCC(NCC(C(=O)O)c2ccccc2)C1. The van der Waals surface area contributed by atoms with Crippen molar-refractivity contribution < 1.29 is 9.90 Å². The van der Waals surface area contributed by atoms with E-state index < -0.39 is 11.9 Å². The molecule has 1 aromatic carbocycles. The van der Waals surface area contributed by atoms with Gasteiger partial charge in [0.1, 0.15) is 0 Å². The molecule has 3 atom stereocenters. The standard InChI is InChI=1S/C16H23NO2S/c1-2-20-14-9-8-13(10-14)17-11-15(16(18)19)12-6-4-3-5-7-12/h3-7,13-15,17H,2,8-11H2,1H3,(H,18,19). The van der Waals surface area contributed by atoms with Crippen molar-refractivity contribution in [3.05, 3.63) is 35.9 Å². The second kappa shape index (κ2) is 7.70. The zero-order valence-electron chi connectivity index (χ0n) is 11.9. The van der Waals surface area contributed by atoms with Crippen LogP contribution in [0.5, 0.6) is 0 Å². The highest BCUT2D eigenvalue weighted by molar-refractivity contribution is 7.99. The van der Waals surface area contributed by atoms with Crippen molar-refractivity contribution in [1.82, 2.24) is 5.32 Å². The molecule has 4 heteroatoms. The molecule has 110 valence electrons. The number of rotatable bonds is 7. The number of aliphatic carboxylic acids is 1. The van der Waals surface area contributed by atoms with Gasteiger partial charge in [-0.2, -0.15) is 11.8 Å². The van der Waals surface area contributed by atoms with E-state index in [-0.39, 0.29) is 0 Å². The van der Waals surface area contributed by atoms with Crippen LogP contribution in [0.15, 0.2) is 30.3 Å². The normalized spacial score (nSPS) is 23.6. The van der Waals surface area contributed by atoms with E-state index in [4.69, 9.17) is 0 Å². The van der Waals surface area contributed by atoms with Crippen LogP contribution >= 0.6 is 11.8 Å². The lowest BCUT2D eigenvalue weighted by molar-refractivity contribution is -0.138. The molecule has 0 radical (unpaired) electrons. The minimum atomic E-state index is -0.749. The third-order valence-electron chi connectivity index (χ3n) is 3.90. The molecule has 1 fully saturated rings. The molecular formula is C16H23NO2S. The van der Waals surface area contributed by atoms with Gasteiger partial charge in [-0.05, 0) is 30.6 Å². The molecular weight excluding hydrogens is 270 g/mol. The van der Waals surface area contributed by atoms with E-state index in [0.717, 1.165) is 10.8 Å². The number of benzene rings is 1. The monoisotopic (exact) mass is 293 g/mol. The van der Waals surface area contributed by atoms with Crippen LogP contribution in [0.3, 0.4) is 0 Å². The van der Waals surface area contributed by atoms with Crippen molar-refractivity contribution in [3.8, 4) is 0 Å². The molecule has 3 unspecified atom stereocenters. The Kier molecular flexibility index (Phi) is 5.92. The number of nitrogens with one attached hydrogen (secondary N) is 1. The van der Waals surface area contributed by atoms with Crippen molar-refractivity contribution in [2.75, 3.05) is 12.3 Å². The number of carboxylic acid groups (broad SMARTS) is 1. The first-order chi connectivity index (χ1) is 9.70. The van der Waals surface area contributed by atoms with E-state index in [1.165, 1.54) is 25.0 Å². The van der Waals surface area contributed by atoms with Crippen LogP contribution in [0, 0.1) is 0 Å². The molecule has 2 N–H and O–H groups in total. The van der Waals surface area contributed by atoms with E-state index in [0.29, 0.717) is 12.6 Å². The quantitative estimate of drug-likeness (QED) is 0.811. The third kappa shape index (κ3) is 4.25. The lowest BCUT2D eigenvalue weighted by Gasteiger charge is -2.18. The smallest absolute Gasteiger partial charge is 0.312 e. The second-order valence-corrected chi connectivity index (χ2v) is 6.87. The molecule has 0 bridgehead atoms. The van der Waals surface area contributed by atoms with Crippen molar-refractivity contribution in [2.45, 2.75) is 43.4 Å². The summed E-state index contributed by atoms with van der Waals surface area (Å²) >= 11 is 2.02. The largest absolute Gasteiger partial charge is 0.481 e. The van der Waals surface area contributed by atoms with Gasteiger partial charge < -0.3 is 10.4 Å². The highest BCUT2D eigenvalue weighted by Gasteiger charge is 2.26. The molecule has 1 saturated carbocycles. The summed E-state index contributed by atoms with van der Waals surface area (Å²) in [6, 6.07) is 9.98. The minimum Gasteiger partial charge on any atom is -0.481 e. The predicted molar refractivity (Wildman–Crippen MR) is 84.4 cm³/mol. The van der Waals surface area contributed by atoms with Gasteiger partial charge in [0.05, 0.1) is 5.92 Å². The minimum absolute atomic E-state index is 0.450. The molecule has 0 aromatic heterocycles. The molecule has 1 aliphatic rings. The zero-order chi connectivity index (χ0) is 14.4. The molecule has 0 spiro atoms. The Hall–Kier alpha value is -1.00. The van der Waals surface area contributed by atoms with Crippen LogP contribution in [0.2, 0.25) is 0 Å². The Bertz CT molecular complexity index is 424. The zero-order valence-corrected chi connectivity index (χ0v) is 12.7. The Balaban J connectivity index is 1.86. The Labute approximate surface area is 125 Å². The fourth-order valence-corrected chi connectivity index (χ4v) is 3.97. The van der Waals surface area contributed by atoms with Gasteiger partial charge in [0, 0.05) is 17.8 Å². The van der Waals surface area contributed by atoms with Crippen LogP contribution in [-0.4, -0.2) is 34.7 Å². The van der Waals surface area contributed by atoms with Crippen molar-refractivity contribution in [1.29, 1.82) is 0 Å². The predicted octanol–water partition coefficient (Wildman–Crippen LogP) is 3.12. The number of carboxylic acids is 1. The lowest BCUT2D eigenvalue weighted by Crippen LogP contribution is -2.33. The molecule has 2 rings (SSSR count). The van der Waals surface area contributed by atoms with Gasteiger partial charge in [0.15, 0.2) is 0 Å². The van der Waals surface area contributed by atoms with Gasteiger partial charge in [0.2, 0.25) is 0 Å². The molecule has 0 heterocycles. The van der Waals surface area contributed by atoms with Gasteiger partial charge in [-0.25, -0.2) is 0 Å². The topological polar surface area (TPSA) is 49.3 Å². The van der Waals surface area contributed by atoms with Crippen LogP contribution in [0.25, 0.3) is 0 Å². The van der Waals surface area contributed by atoms with E-state index in [1.807, 2.05) is 42.1 Å². The summed E-state index contributed by atoms with van der Waals surface area (Å²) in [6.07, 6.45) is 3.58. The summed E-state index contributed by atoms with van der Waals surface area (Å²) < 4.78 is 0. The molecule has 0 aliphatic heterocycles. The summed E-state index contributed by atoms with van der Waals surface area (Å²) in [5.41, 5.74) is 0.880. The summed E-state index contributed by atoms with van der Waals surface area (Å²) in [5, 5.41) is 13.6. The number of carbonyl (C=O) groups is 1. The van der Waals surface area contributed by atoms with Gasteiger partial charge in [-0.1, -0.05) is 37.3 Å². The van der Waals surface area contributed by atoms with Crippen LogP contribution in [-0.2, 0) is 4.79 Å². The van der Waals surface area contributed by atoms with Gasteiger partial charge >= 0.3 is 5.97 Å². The van der Waals surface area contributed by atoms with Crippen LogP contribution < -0.4 is 5.32 Å². The molecule has 3 nitrogen and oxygen atoms in total. The first-order valence-electron chi connectivity index (χ1n) is 7.33. The first-order valence-corrected chi connectivity index (χ1v) is 8.38. The van der Waals surface area contributed by atoms with Gasteiger partial charge in [0.25, 0.3) is 0 Å². The highest BCUT2D eigenvalue weighted by atomic mass is 32.2. The first kappa shape index (κ1) is 15.4. The van der Waals surface area contributed by atoms with Gasteiger partial charge in [-0.15, -0.1) is 0 Å². The van der Waals surface area contributed by atoms with Crippen LogP contribution in [0.4, 0.5) is 0 Å². The summed E-state index contributed by atoms with van der Waals surface area (Å²) in [7, 11) is 0. The maximum Gasteiger partial charge on any atom is 0.312 e. The molecule has 1 aromatic rings. The molecule has 20 heavy (non-hydrogen) atoms. The number of thioether (sulfide) groups is 1. The van der Waals surface area contributed by atoms with Gasteiger partial charge in [-0.3, -0.25) is 4.79 Å². The molecule has 0 amide bonds. The summed E-state index contributed by atoms with van der Waals surface area (Å²) in [6.45, 7) is 2.72. The van der Waals surface area contributed by atoms with E-state index in [1.54, 1.807) is 0 Å². The summed E-state index contributed by atoms with van der Waals surface area (Å²) in [5.74, 6) is -0.0330. The summed E-state index contributed by atoms with van der Waals surface area (Å²) in [4.78, 5) is 11.4. The Morgan fingerprint density at radius 3 is 2.80 bits per heavy atom. The lowest BCUT2D eigenvalue weighted by atomic mass is 9.99. The Morgan fingerprint density at radius 1 is 1.40 bits per heavy atom. The van der Waals surface area contributed by atoms with E-state index in [2.05, 4.69) is 12.2 Å². The van der Waals surface area contributed by atoms with E-state index >= 15 is 0 Å². The average molecular weight is 293 g/mol. The Morgan fingerprint density at radius 2 is 2.15 bits per heavy atom. The van der Waals surface area contributed by atoms with Crippen molar-refractivity contribution in [2.24, 2.45) is 0 Å². The maximum atomic E-state index is 11.4. The number of hydrogen-bond donors (Lipinski definition) is 2. The second-order valence-electron chi connectivity index (χ2n) is 5.30. The number of hydrogen-bond acceptors (Lipinski definition) is 3. The van der Waals surface area contributed by atoms with Crippen molar-refractivity contribution in [3.63, 3.8) is 0 Å².